The van der Waals surface area contributed by atoms with Crippen LogP contribution in [0.1, 0.15) is 30.1 Å². The van der Waals surface area contributed by atoms with Crippen molar-refractivity contribution in [2.75, 3.05) is 13.1 Å². The lowest BCUT2D eigenvalue weighted by atomic mass is 9.91. The van der Waals surface area contributed by atoms with Crippen molar-refractivity contribution in [3.05, 3.63) is 30.0 Å². The van der Waals surface area contributed by atoms with Gasteiger partial charge in [-0.25, -0.2) is 0 Å². The van der Waals surface area contributed by atoms with Crippen LogP contribution >= 0.6 is 12.4 Å². The number of aromatic nitrogens is 2. The largest absolute Gasteiger partial charge is 0.334 e. The van der Waals surface area contributed by atoms with Crippen LogP contribution in [0.25, 0.3) is 10.9 Å². The fourth-order valence-corrected chi connectivity index (χ4v) is 3.05. The van der Waals surface area contributed by atoms with E-state index in [4.69, 9.17) is 5.73 Å². The van der Waals surface area contributed by atoms with Crippen LogP contribution in [0.4, 0.5) is 0 Å². The molecule has 5 nitrogen and oxygen atoms in total. The molecule has 2 heterocycles. The third-order valence-electron chi connectivity index (χ3n) is 4.23. The van der Waals surface area contributed by atoms with Gasteiger partial charge in [0.15, 0.2) is 0 Å². The van der Waals surface area contributed by atoms with Crippen LogP contribution in [0, 0.1) is 5.92 Å². The average Bonchev–Trinajstić information content (AvgIpc) is 2.94. The molecule has 2 atom stereocenters. The molecule has 2 aromatic rings. The van der Waals surface area contributed by atoms with E-state index in [2.05, 4.69) is 17.1 Å². The lowest BCUT2D eigenvalue weighted by Crippen LogP contribution is -2.49. The number of nitrogens with zero attached hydrogens (tertiary/aromatic N) is 2. The molecule has 1 aliphatic heterocycles. The Morgan fingerprint density at radius 1 is 1.52 bits per heavy atom. The van der Waals surface area contributed by atoms with Crippen LogP contribution in [0.3, 0.4) is 0 Å². The molecule has 1 amide bonds. The van der Waals surface area contributed by atoms with Gasteiger partial charge < -0.3 is 10.6 Å². The van der Waals surface area contributed by atoms with Crippen molar-refractivity contribution in [1.82, 2.24) is 15.1 Å². The molecule has 3 rings (SSSR count). The zero-order valence-electron chi connectivity index (χ0n) is 12.1. The van der Waals surface area contributed by atoms with Crippen molar-refractivity contribution >= 4 is 29.2 Å². The first-order valence-electron chi connectivity index (χ1n) is 7.14. The summed E-state index contributed by atoms with van der Waals surface area (Å²) in [6.07, 6.45) is 3.75. The van der Waals surface area contributed by atoms with Crippen LogP contribution in [0.15, 0.2) is 24.4 Å². The van der Waals surface area contributed by atoms with E-state index in [0.29, 0.717) is 18.0 Å². The number of hydrogen-bond donors (Lipinski definition) is 2. The molecule has 2 unspecified atom stereocenters. The summed E-state index contributed by atoms with van der Waals surface area (Å²) in [5.74, 6) is 0.705. The van der Waals surface area contributed by atoms with Crippen molar-refractivity contribution < 1.29 is 4.79 Å². The monoisotopic (exact) mass is 308 g/mol. The number of carbonyl (C=O) groups is 1. The van der Waals surface area contributed by atoms with Gasteiger partial charge in [-0.2, -0.15) is 5.10 Å². The topological polar surface area (TPSA) is 75.0 Å². The number of nitrogens with two attached hydrogens (primary N) is 1. The maximum absolute atomic E-state index is 12.8. The van der Waals surface area contributed by atoms with E-state index >= 15 is 0 Å². The van der Waals surface area contributed by atoms with E-state index in [9.17, 15) is 4.79 Å². The second kappa shape index (κ2) is 6.45. The first kappa shape index (κ1) is 15.8. The van der Waals surface area contributed by atoms with Gasteiger partial charge in [-0.3, -0.25) is 9.89 Å². The second-order valence-electron chi connectivity index (χ2n) is 5.65. The van der Waals surface area contributed by atoms with Crippen LogP contribution in [0.5, 0.6) is 0 Å². The molecular formula is C15H21ClN4O. The van der Waals surface area contributed by atoms with E-state index in [-0.39, 0.29) is 24.4 Å². The number of likely N-dealkylation sites (tertiary alicyclic amines) is 1. The number of nitrogens with one attached hydrogen (secondary N) is 1. The molecule has 21 heavy (non-hydrogen) atoms. The zero-order chi connectivity index (χ0) is 14.1. The summed E-state index contributed by atoms with van der Waals surface area (Å²) in [6, 6.07) is 5.83. The fraction of sp³-hybridized carbons (Fsp3) is 0.467. The number of carbonyl (C=O) groups excluding carboxylic acids is 1. The Hall–Kier alpha value is -1.59. The Morgan fingerprint density at radius 3 is 3.10 bits per heavy atom. The average molecular weight is 309 g/mol. The third kappa shape index (κ3) is 2.89. The molecule has 1 saturated heterocycles. The van der Waals surface area contributed by atoms with Crippen LogP contribution < -0.4 is 5.73 Å². The van der Waals surface area contributed by atoms with Gasteiger partial charge in [-0.05, 0) is 30.9 Å². The van der Waals surface area contributed by atoms with Crippen molar-refractivity contribution in [2.24, 2.45) is 11.7 Å². The van der Waals surface area contributed by atoms with Crippen LogP contribution in [-0.2, 0) is 0 Å². The summed E-state index contributed by atoms with van der Waals surface area (Å²) in [5.41, 5.74) is 7.46. The molecule has 3 N–H and O–H groups in total. The molecule has 0 saturated carbocycles. The fourth-order valence-electron chi connectivity index (χ4n) is 3.05. The van der Waals surface area contributed by atoms with E-state index in [1.807, 2.05) is 23.1 Å². The summed E-state index contributed by atoms with van der Waals surface area (Å²) in [4.78, 5) is 14.7. The molecule has 114 valence electrons. The Labute approximate surface area is 130 Å². The number of halogens is 1. The molecule has 1 aromatic heterocycles. The van der Waals surface area contributed by atoms with Crippen molar-refractivity contribution in [2.45, 2.75) is 25.8 Å². The van der Waals surface area contributed by atoms with E-state index < -0.39 is 0 Å². The molecule has 6 heteroatoms. The highest BCUT2D eigenvalue weighted by molar-refractivity contribution is 6.06. The predicted octanol–water partition coefficient (Wildman–Crippen LogP) is 2.18. The lowest BCUT2D eigenvalue weighted by molar-refractivity contribution is 0.0575. The van der Waals surface area contributed by atoms with Gasteiger partial charge in [-0.1, -0.05) is 13.0 Å². The van der Waals surface area contributed by atoms with E-state index in [0.717, 1.165) is 30.3 Å². The molecule has 1 aromatic carbocycles. The Morgan fingerprint density at radius 2 is 2.33 bits per heavy atom. The Kier molecular flexibility index (Phi) is 4.85. The molecule has 0 bridgehead atoms. The third-order valence-corrected chi connectivity index (χ3v) is 4.23. The summed E-state index contributed by atoms with van der Waals surface area (Å²) in [7, 11) is 0. The minimum atomic E-state index is 0. The number of H-pyrrole nitrogens is 1. The summed E-state index contributed by atoms with van der Waals surface area (Å²) in [6.45, 7) is 3.54. The quantitative estimate of drug-likeness (QED) is 0.893. The molecular weight excluding hydrogens is 288 g/mol. The Bertz CT molecular complexity index is 627. The number of fused-ring (bicyclic) bond motifs is 1. The lowest BCUT2D eigenvalue weighted by Gasteiger charge is -2.38. The second-order valence-corrected chi connectivity index (χ2v) is 5.65. The smallest absolute Gasteiger partial charge is 0.254 e. The normalized spacial score (nSPS) is 22.1. The summed E-state index contributed by atoms with van der Waals surface area (Å²) in [5, 5.41) is 7.81. The first-order chi connectivity index (χ1) is 9.70. The Balaban J connectivity index is 0.00000161. The molecule has 1 aliphatic rings. The molecule has 0 aliphatic carbocycles. The van der Waals surface area contributed by atoms with Gasteiger partial charge in [0.25, 0.3) is 5.91 Å². The number of piperidine rings is 1. The minimum absolute atomic E-state index is 0. The number of amides is 1. The van der Waals surface area contributed by atoms with Crippen molar-refractivity contribution in [3.63, 3.8) is 0 Å². The highest BCUT2D eigenvalue weighted by atomic mass is 35.5. The standard InChI is InChI=1S/C15H20N4O.ClH/c1-10-5-6-19(11(7-10)8-16)15(20)12-3-2-4-14-13(12)9-17-18-14;/h2-4,9-11H,5-8,16H2,1H3,(H,17,18);1H. The maximum atomic E-state index is 12.8. The van der Waals surface area contributed by atoms with Crippen LogP contribution in [0.2, 0.25) is 0 Å². The van der Waals surface area contributed by atoms with Gasteiger partial charge in [-0.15, -0.1) is 12.4 Å². The number of rotatable bonds is 2. The van der Waals surface area contributed by atoms with Crippen LogP contribution in [-0.4, -0.2) is 40.1 Å². The molecule has 0 radical (unpaired) electrons. The van der Waals surface area contributed by atoms with Gasteiger partial charge in [0.2, 0.25) is 0 Å². The highest BCUT2D eigenvalue weighted by Crippen LogP contribution is 2.25. The molecule has 0 spiro atoms. The maximum Gasteiger partial charge on any atom is 0.254 e. The van der Waals surface area contributed by atoms with Crippen molar-refractivity contribution in [1.29, 1.82) is 0 Å². The van der Waals surface area contributed by atoms with Gasteiger partial charge >= 0.3 is 0 Å². The number of benzene rings is 1. The van der Waals surface area contributed by atoms with Gasteiger partial charge in [0.1, 0.15) is 0 Å². The van der Waals surface area contributed by atoms with Gasteiger partial charge in [0.05, 0.1) is 17.3 Å². The SMILES string of the molecule is CC1CCN(C(=O)c2cccc3[nH]ncc23)C(CN)C1.Cl. The summed E-state index contributed by atoms with van der Waals surface area (Å²) >= 11 is 0. The first-order valence-corrected chi connectivity index (χ1v) is 7.14. The zero-order valence-corrected chi connectivity index (χ0v) is 12.9. The number of hydrogen-bond acceptors (Lipinski definition) is 3. The number of aromatic amines is 1. The minimum Gasteiger partial charge on any atom is -0.334 e. The van der Waals surface area contributed by atoms with E-state index in [1.54, 1.807) is 6.20 Å². The van der Waals surface area contributed by atoms with Gasteiger partial charge in [0, 0.05) is 24.5 Å². The van der Waals surface area contributed by atoms with Crippen molar-refractivity contribution in [3.8, 4) is 0 Å². The highest BCUT2D eigenvalue weighted by Gasteiger charge is 2.30. The van der Waals surface area contributed by atoms with E-state index in [1.165, 1.54) is 0 Å². The predicted molar refractivity (Wildman–Crippen MR) is 85.6 cm³/mol. The summed E-state index contributed by atoms with van der Waals surface area (Å²) < 4.78 is 0. The molecule has 1 fully saturated rings.